The molecule has 10 heteroatoms. The molecule has 0 saturated carbocycles. The van der Waals surface area contributed by atoms with E-state index in [9.17, 15) is 24.5 Å². The van der Waals surface area contributed by atoms with Crippen LogP contribution in [0.25, 0.3) is 0 Å². The molecule has 33 heavy (non-hydrogen) atoms. The quantitative estimate of drug-likeness (QED) is 0.378. The molecule has 1 aromatic heterocycles. The molecule has 0 radical (unpaired) electrons. The van der Waals surface area contributed by atoms with Gasteiger partial charge in [-0.25, -0.2) is 4.79 Å². The van der Waals surface area contributed by atoms with Gasteiger partial charge in [-0.2, -0.15) is 0 Å². The summed E-state index contributed by atoms with van der Waals surface area (Å²) < 4.78 is 1.26. The number of nitrogens with two attached hydrogens (primary N) is 1. The third-order valence-corrected chi connectivity index (χ3v) is 5.21. The Bertz CT molecular complexity index is 1250. The van der Waals surface area contributed by atoms with E-state index in [0.717, 1.165) is 12.0 Å². The summed E-state index contributed by atoms with van der Waals surface area (Å²) in [6, 6.07) is 14.7. The number of carbonyl (C=O) groups is 1. The Morgan fingerprint density at radius 2 is 1.76 bits per heavy atom. The largest absolute Gasteiger partial charge is 0.383 e. The van der Waals surface area contributed by atoms with Gasteiger partial charge in [0.15, 0.2) is 5.69 Å². The number of hydrogen-bond donors (Lipinski definition) is 2. The monoisotopic (exact) mass is 451 g/mol. The lowest BCUT2D eigenvalue weighted by Gasteiger charge is -2.25. The van der Waals surface area contributed by atoms with Gasteiger partial charge in [-0.05, 0) is 17.5 Å². The van der Waals surface area contributed by atoms with E-state index in [1.807, 2.05) is 37.3 Å². The minimum Gasteiger partial charge on any atom is -0.383 e. The molecule has 3 aromatic rings. The predicted octanol–water partition coefficient (Wildman–Crippen LogP) is 2.60. The van der Waals surface area contributed by atoms with Crippen LogP contribution in [-0.2, 0) is 24.3 Å². The van der Waals surface area contributed by atoms with Crippen molar-refractivity contribution in [3.63, 3.8) is 0 Å². The summed E-state index contributed by atoms with van der Waals surface area (Å²) in [7, 11) is 0. The van der Waals surface area contributed by atoms with Gasteiger partial charge < -0.3 is 5.73 Å². The lowest BCUT2D eigenvalue weighted by atomic mass is 10.1. The molecule has 10 nitrogen and oxygen atoms in total. The van der Waals surface area contributed by atoms with E-state index in [2.05, 4.69) is 4.98 Å². The van der Waals surface area contributed by atoms with Crippen LogP contribution >= 0.6 is 0 Å². The summed E-state index contributed by atoms with van der Waals surface area (Å²) in [6.45, 7) is 2.33. The van der Waals surface area contributed by atoms with Gasteiger partial charge in [0.2, 0.25) is 5.91 Å². The maximum absolute atomic E-state index is 13.3. The van der Waals surface area contributed by atoms with Gasteiger partial charge in [0.05, 0.1) is 17.9 Å². The lowest BCUT2D eigenvalue weighted by Crippen LogP contribution is -2.41. The fourth-order valence-electron chi connectivity index (χ4n) is 3.44. The SMILES string of the molecule is CCCCn1c(N)c(N(Cc2ccccc2)C(=O)Cc2ccc([N+](=O)[O-])cc2)c(=O)[nH]c1=O. The van der Waals surface area contributed by atoms with Crippen molar-refractivity contribution < 1.29 is 9.72 Å². The number of nitrogens with one attached hydrogen (secondary N) is 1. The smallest absolute Gasteiger partial charge is 0.330 e. The number of anilines is 2. The van der Waals surface area contributed by atoms with Gasteiger partial charge in [0.25, 0.3) is 11.2 Å². The van der Waals surface area contributed by atoms with Crippen LogP contribution in [0.2, 0.25) is 0 Å². The first-order valence-corrected chi connectivity index (χ1v) is 10.5. The topological polar surface area (TPSA) is 144 Å². The first kappa shape index (κ1) is 23.5. The standard InChI is InChI=1S/C23H25N5O5/c1-2-3-13-26-21(24)20(22(30)25-23(26)31)27(15-17-7-5-4-6-8-17)19(29)14-16-9-11-18(12-10-16)28(32)33/h4-12H,2-3,13-15,24H2,1H3,(H,25,30,31). The molecule has 0 aliphatic rings. The van der Waals surface area contributed by atoms with Crippen LogP contribution in [0, 0.1) is 10.1 Å². The minimum atomic E-state index is -0.752. The Hall–Kier alpha value is -4.21. The average Bonchev–Trinajstić information content (AvgIpc) is 2.79. The van der Waals surface area contributed by atoms with E-state index in [4.69, 9.17) is 5.73 Å². The normalized spacial score (nSPS) is 10.7. The number of aromatic nitrogens is 2. The number of benzene rings is 2. The van der Waals surface area contributed by atoms with Crippen molar-refractivity contribution in [2.75, 3.05) is 10.6 Å². The summed E-state index contributed by atoms with van der Waals surface area (Å²) >= 11 is 0. The highest BCUT2D eigenvalue weighted by molar-refractivity contribution is 5.96. The molecule has 1 heterocycles. The van der Waals surface area contributed by atoms with E-state index < -0.39 is 22.1 Å². The Morgan fingerprint density at radius 1 is 1.09 bits per heavy atom. The Kier molecular flexibility index (Phi) is 7.39. The van der Waals surface area contributed by atoms with Crippen molar-refractivity contribution in [2.45, 2.75) is 39.3 Å². The number of unbranched alkanes of at least 4 members (excludes halogenated alkanes) is 1. The van der Waals surface area contributed by atoms with Crippen LogP contribution in [0.1, 0.15) is 30.9 Å². The van der Waals surface area contributed by atoms with E-state index in [1.54, 1.807) is 0 Å². The Balaban J connectivity index is 2.03. The number of nitrogens with zero attached hydrogens (tertiary/aromatic N) is 3. The molecular weight excluding hydrogens is 426 g/mol. The van der Waals surface area contributed by atoms with Crippen LogP contribution in [0.5, 0.6) is 0 Å². The van der Waals surface area contributed by atoms with Crippen molar-refractivity contribution in [2.24, 2.45) is 0 Å². The second kappa shape index (κ2) is 10.4. The summed E-state index contributed by atoms with van der Waals surface area (Å²) in [4.78, 5) is 52.3. The van der Waals surface area contributed by atoms with Gasteiger partial charge in [-0.15, -0.1) is 0 Å². The van der Waals surface area contributed by atoms with Crippen LogP contribution in [0.4, 0.5) is 17.2 Å². The number of hydrogen-bond acceptors (Lipinski definition) is 6. The van der Waals surface area contributed by atoms with Crippen molar-refractivity contribution in [3.8, 4) is 0 Å². The zero-order valence-electron chi connectivity index (χ0n) is 18.2. The minimum absolute atomic E-state index is 0.0614. The molecular formula is C23H25N5O5. The number of non-ortho nitro benzene ring substituents is 1. The van der Waals surface area contributed by atoms with Crippen molar-refractivity contribution >= 4 is 23.1 Å². The van der Waals surface area contributed by atoms with E-state index in [-0.39, 0.29) is 30.2 Å². The summed E-state index contributed by atoms with van der Waals surface area (Å²) in [5.74, 6) is -0.518. The van der Waals surface area contributed by atoms with Crippen molar-refractivity contribution in [3.05, 3.63) is 96.7 Å². The number of nitro groups is 1. The van der Waals surface area contributed by atoms with E-state index in [1.165, 1.54) is 33.7 Å². The highest BCUT2D eigenvalue weighted by Crippen LogP contribution is 2.22. The third-order valence-electron chi connectivity index (χ3n) is 5.21. The summed E-state index contributed by atoms with van der Waals surface area (Å²) in [5, 5.41) is 10.9. The maximum atomic E-state index is 13.3. The van der Waals surface area contributed by atoms with Crippen LogP contribution in [0.3, 0.4) is 0 Å². The molecule has 1 amide bonds. The molecule has 0 fully saturated rings. The van der Waals surface area contributed by atoms with Crippen molar-refractivity contribution in [1.29, 1.82) is 0 Å². The highest BCUT2D eigenvalue weighted by atomic mass is 16.6. The second-order valence-corrected chi connectivity index (χ2v) is 7.56. The number of carbonyl (C=O) groups excluding carboxylic acids is 1. The number of rotatable bonds is 9. The number of aromatic amines is 1. The lowest BCUT2D eigenvalue weighted by molar-refractivity contribution is -0.384. The predicted molar refractivity (Wildman–Crippen MR) is 125 cm³/mol. The average molecular weight is 451 g/mol. The van der Waals surface area contributed by atoms with Gasteiger partial charge >= 0.3 is 5.69 Å². The Morgan fingerprint density at radius 3 is 2.36 bits per heavy atom. The fourth-order valence-corrected chi connectivity index (χ4v) is 3.44. The Labute approximate surface area is 189 Å². The van der Waals surface area contributed by atoms with Gasteiger partial charge in [-0.3, -0.25) is 34.2 Å². The number of nitrogen functional groups attached to an aromatic ring is 1. The molecule has 0 atom stereocenters. The highest BCUT2D eigenvalue weighted by Gasteiger charge is 2.25. The fraction of sp³-hybridized carbons (Fsp3) is 0.261. The first-order chi connectivity index (χ1) is 15.8. The third kappa shape index (κ3) is 5.53. The van der Waals surface area contributed by atoms with Crippen LogP contribution in [-0.4, -0.2) is 20.4 Å². The van der Waals surface area contributed by atoms with E-state index >= 15 is 0 Å². The molecule has 3 rings (SSSR count). The molecule has 0 aliphatic heterocycles. The maximum Gasteiger partial charge on any atom is 0.330 e. The van der Waals surface area contributed by atoms with Crippen LogP contribution in [0.15, 0.2) is 64.2 Å². The summed E-state index contributed by atoms with van der Waals surface area (Å²) in [5.41, 5.74) is 5.98. The molecule has 0 unspecified atom stereocenters. The first-order valence-electron chi connectivity index (χ1n) is 10.5. The summed E-state index contributed by atoms with van der Waals surface area (Å²) in [6.07, 6.45) is 1.37. The van der Waals surface area contributed by atoms with Gasteiger partial charge in [-0.1, -0.05) is 55.8 Å². The van der Waals surface area contributed by atoms with Crippen LogP contribution < -0.4 is 21.9 Å². The molecule has 0 saturated heterocycles. The molecule has 172 valence electrons. The second-order valence-electron chi connectivity index (χ2n) is 7.56. The van der Waals surface area contributed by atoms with Gasteiger partial charge in [0, 0.05) is 18.7 Å². The zero-order chi connectivity index (χ0) is 24.0. The molecule has 2 aromatic carbocycles. The molecule has 0 aliphatic carbocycles. The number of H-pyrrole nitrogens is 1. The zero-order valence-corrected chi connectivity index (χ0v) is 18.2. The molecule has 0 bridgehead atoms. The molecule has 3 N–H and O–H groups in total. The van der Waals surface area contributed by atoms with Crippen molar-refractivity contribution in [1.82, 2.24) is 9.55 Å². The number of nitro benzene ring substituents is 1. The van der Waals surface area contributed by atoms with E-state index in [0.29, 0.717) is 18.5 Å². The molecule has 0 spiro atoms. The number of amides is 1. The van der Waals surface area contributed by atoms with Gasteiger partial charge in [0.1, 0.15) is 5.82 Å².